The van der Waals surface area contributed by atoms with E-state index in [9.17, 15) is 9.59 Å². The van der Waals surface area contributed by atoms with Crippen molar-refractivity contribution in [1.82, 2.24) is 15.4 Å². The van der Waals surface area contributed by atoms with Crippen LogP contribution in [0.1, 0.15) is 37.0 Å². The summed E-state index contributed by atoms with van der Waals surface area (Å²) in [7, 11) is 1.83. The Morgan fingerprint density at radius 2 is 1.92 bits per heavy atom. The number of benzene rings is 1. The minimum absolute atomic E-state index is 0.275. The minimum Gasteiger partial charge on any atom is -0.339 e. The highest BCUT2D eigenvalue weighted by Gasteiger charge is 2.21. The van der Waals surface area contributed by atoms with E-state index in [-0.39, 0.29) is 11.8 Å². The van der Waals surface area contributed by atoms with Gasteiger partial charge >= 0.3 is 0 Å². The number of hydrogen-bond acceptors (Lipinski definition) is 3. The Hall–Kier alpha value is -2.12. The van der Waals surface area contributed by atoms with Crippen molar-refractivity contribution in [3.63, 3.8) is 0 Å². The zero-order valence-electron chi connectivity index (χ0n) is 13.6. The molecule has 2 heterocycles. The largest absolute Gasteiger partial charge is 0.339 e. The molecule has 0 saturated heterocycles. The topological polar surface area (TPSA) is 63.1 Å². The standard InChI is InChI=1S/C18H16BrN3O2S/c1-22-12-7-3-2-6-11(12)15(19)16(22)18(24)21-20-17(23)14-9-10-5-4-8-13(10)25-14/h2-3,6-7,9H,4-5,8H2,1H3,(H,20,23)(H,21,24). The summed E-state index contributed by atoms with van der Waals surface area (Å²) in [5.74, 6) is -0.634. The first-order chi connectivity index (χ1) is 12.1. The van der Waals surface area contributed by atoms with Crippen LogP contribution < -0.4 is 10.9 Å². The summed E-state index contributed by atoms with van der Waals surface area (Å²) in [6.07, 6.45) is 3.24. The Morgan fingerprint density at radius 1 is 1.16 bits per heavy atom. The molecule has 1 aliphatic carbocycles. The molecular formula is C18H16BrN3O2S. The lowest BCUT2D eigenvalue weighted by Crippen LogP contribution is -2.42. The van der Waals surface area contributed by atoms with E-state index in [1.165, 1.54) is 21.8 Å². The molecule has 0 aliphatic heterocycles. The maximum atomic E-state index is 12.6. The van der Waals surface area contributed by atoms with E-state index in [0.717, 1.165) is 30.2 Å². The molecule has 0 unspecified atom stereocenters. The van der Waals surface area contributed by atoms with Crippen molar-refractivity contribution in [2.45, 2.75) is 19.3 Å². The molecule has 0 bridgehead atoms. The molecular weight excluding hydrogens is 402 g/mol. The van der Waals surface area contributed by atoms with Crippen molar-refractivity contribution in [2.75, 3.05) is 0 Å². The van der Waals surface area contributed by atoms with Crippen molar-refractivity contribution in [3.8, 4) is 0 Å². The van der Waals surface area contributed by atoms with Crippen LogP contribution in [-0.2, 0) is 19.9 Å². The predicted molar refractivity (Wildman–Crippen MR) is 102 cm³/mol. The molecule has 7 heteroatoms. The van der Waals surface area contributed by atoms with Crippen molar-refractivity contribution < 1.29 is 9.59 Å². The van der Waals surface area contributed by atoms with Crippen LogP contribution in [0.4, 0.5) is 0 Å². The number of rotatable bonds is 2. The fourth-order valence-corrected chi connectivity index (χ4v) is 5.20. The van der Waals surface area contributed by atoms with Crippen LogP contribution in [0.2, 0.25) is 0 Å². The third kappa shape index (κ3) is 2.77. The van der Waals surface area contributed by atoms with E-state index in [0.29, 0.717) is 15.0 Å². The quantitative estimate of drug-likeness (QED) is 0.626. The van der Waals surface area contributed by atoms with Gasteiger partial charge in [-0.25, -0.2) is 0 Å². The molecule has 2 amide bonds. The maximum Gasteiger partial charge on any atom is 0.287 e. The van der Waals surface area contributed by atoms with Gasteiger partial charge in [-0.15, -0.1) is 11.3 Å². The molecule has 0 saturated carbocycles. The molecule has 1 aromatic carbocycles. The summed E-state index contributed by atoms with van der Waals surface area (Å²) in [5, 5.41) is 0.955. The SMILES string of the molecule is Cn1c(C(=O)NNC(=O)c2cc3c(s2)CCC3)c(Br)c2ccccc21. The van der Waals surface area contributed by atoms with Crippen molar-refractivity contribution in [1.29, 1.82) is 0 Å². The van der Waals surface area contributed by atoms with Gasteiger partial charge in [0.15, 0.2) is 0 Å². The van der Waals surface area contributed by atoms with Gasteiger partial charge in [-0.3, -0.25) is 20.4 Å². The van der Waals surface area contributed by atoms with Gasteiger partial charge in [0, 0.05) is 22.8 Å². The first-order valence-corrected chi connectivity index (χ1v) is 9.62. The normalized spacial score (nSPS) is 13.0. The van der Waals surface area contributed by atoms with Crippen LogP contribution in [-0.4, -0.2) is 16.4 Å². The molecule has 0 fully saturated rings. The fourth-order valence-electron chi connectivity index (χ4n) is 3.27. The number of amides is 2. The highest BCUT2D eigenvalue weighted by Crippen LogP contribution is 2.31. The summed E-state index contributed by atoms with van der Waals surface area (Å²) in [4.78, 5) is 26.8. The molecule has 2 aromatic heterocycles. The first kappa shape index (κ1) is 16.4. The van der Waals surface area contributed by atoms with E-state index in [1.54, 1.807) is 4.57 Å². The number of aromatic nitrogens is 1. The number of nitrogens with one attached hydrogen (secondary N) is 2. The zero-order valence-corrected chi connectivity index (χ0v) is 16.0. The van der Waals surface area contributed by atoms with Crippen LogP contribution in [0, 0.1) is 0 Å². The molecule has 0 atom stereocenters. The number of hydrogen-bond donors (Lipinski definition) is 2. The molecule has 4 rings (SSSR count). The van der Waals surface area contributed by atoms with E-state index < -0.39 is 0 Å². The van der Waals surface area contributed by atoms with Crippen LogP contribution in [0.25, 0.3) is 10.9 Å². The second-order valence-electron chi connectivity index (χ2n) is 6.06. The predicted octanol–water partition coefficient (Wildman–Crippen LogP) is 3.57. The smallest absolute Gasteiger partial charge is 0.287 e. The summed E-state index contributed by atoms with van der Waals surface area (Å²) in [6, 6.07) is 9.67. The number of halogens is 1. The lowest BCUT2D eigenvalue weighted by molar-refractivity contribution is 0.0844. The van der Waals surface area contributed by atoms with Gasteiger partial charge in [-0.05, 0) is 52.9 Å². The second-order valence-corrected chi connectivity index (χ2v) is 7.99. The molecule has 2 N–H and O–H groups in total. The van der Waals surface area contributed by atoms with Crippen molar-refractivity contribution >= 4 is 50.0 Å². The van der Waals surface area contributed by atoms with E-state index in [2.05, 4.69) is 26.8 Å². The third-order valence-electron chi connectivity index (χ3n) is 4.52. The molecule has 5 nitrogen and oxygen atoms in total. The van der Waals surface area contributed by atoms with Crippen LogP contribution >= 0.6 is 27.3 Å². The van der Waals surface area contributed by atoms with Gasteiger partial charge in [0.25, 0.3) is 11.8 Å². The molecule has 1 aliphatic rings. The average molecular weight is 418 g/mol. The Kier molecular flexibility index (Phi) is 4.13. The molecule has 3 aromatic rings. The van der Waals surface area contributed by atoms with Crippen LogP contribution in [0.5, 0.6) is 0 Å². The van der Waals surface area contributed by atoms with E-state index in [4.69, 9.17) is 0 Å². The van der Waals surface area contributed by atoms with Gasteiger partial charge in [0.1, 0.15) is 5.69 Å². The maximum absolute atomic E-state index is 12.6. The van der Waals surface area contributed by atoms with Crippen molar-refractivity contribution in [3.05, 3.63) is 55.8 Å². The summed E-state index contributed by atoms with van der Waals surface area (Å²) < 4.78 is 2.52. The number of hydrazine groups is 1. The summed E-state index contributed by atoms with van der Waals surface area (Å²) in [5.41, 5.74) is 7.72. The fraction of sp³-hybridized carbons (Fsp3) is 0.222. The average Bonchev–Trinajstić information content (AvgIpc) is 3.27. The number of para-hydroxylation sites is 1. The minimum atomic E-state index is -0.358. The summed E-state index contributed by atoms with van der Waals surface area (Å²) >= 11 is 5.00. The number of thiophene rings is 1. The van der Waals surface area contributed by atoms with Gasteiger partial charge in [-0.1, -0.05) is 18.2 Å². The monoisotopic (exact) mass is 417 g/mol. The number of fused-ring (bicyclic) bond motifs is 2. The van der Waals surface area contributed by atoms with Gasteiger partial charge < -0.3 is 4.57 Å². The zero-order chi connectivity index (χ0) is 17.6. The summed E-state index contributed by atoms with van der Waals surface area (Å²) in [6.45, 7) is 0. The molecule has 128 valence electrons. The second kappa shape index (κ2) is 6.31. The highest BCUT2D eigenvalue weighted by molar-refractivity contribution is 9.10. The number of carbonyl (C=O) groups is 2. The molecule has 25 heavy (non-hydrogen) atoms. The third-order valence-corrected chi connectivity index (χ3v) is 6.56. The Morgan fingerprint density at radius 3 is 2.68 bits per heavy atom. The van der Waals surface area contributed by atoms with Crippen LogP contribution in [0.3, 0.4) is 0 Å². The Labute approximate surface area is 157 Å². The molecule has 0 spiro atoms. The van der Waals surface area contributed by atoms with E-state index in [1.807, 2.05) is 37.4 Å². The number of carbonyl (C=O) groups excluding carboxylic acids is 2. The van der Waals surface area contributed by atoms with Crippen LogP contribution in [0.15, 0.2) is 34.8 Å². The van der Waals surface area contributed by atoms with Crippen molar-refractivity contribution in [2.24, 2.45) is 7.05 Å². The number of aryl methyl sites for hydroxylation is 3. The lowest BCUT2D eigenvalue weighted by Gasteiger charge is -2.08. The van der Waals surface area contributed by atoms with E-state index >= 15 is 0 Å². The molecule has 0 radical (unpaired) electrons. The van der Waals surface area contributed by atoms with Gasteiger partial charge in [-0.2, -0.15) is 0 Å². The number of nitrogens with zero attached hydrogens (tertiary/aromatic N) is 1. The van der Waals surface area contributed by atoms with Gasteiger partial charge in [0.05, 0.1) is 9.35 Å². The Balaban J connectivity index is 1.51. The first-order valence-electron chi connectivity index (χ1n) is 8.01. The Bertz CT molecular complexity index is 945. The lowest BCUT2D eigenvalue weighted by atomic mass is 10.2. The van der Waals surface area contributed by atoms with Gasteiger partial charge in [0.2, 0.25) is 0 Å². The highest BCUT2D eigenvalue weighted by atomic mass is 79.9.